The van der Waals surface area contributed by atoms with E-state index in [-0.39, 0.29) is 12.5 Å². The number of likely N-dealkylation sites (tertiary alicyclic amines) is 1. The number of carbonyl (C=O) groups is 2. The van der Waals surface area contributed by atoms with Crippen LogP contribution in [-0.2, 0) is 16.1 Å². The van der Waals surface area contributed by atoms with Crippen molar-refractivity contribution in [3.05, 3.63) is 42.6 Å². The zero-order valence-corrected chi connectivity index (χ0v) is 21.8. The predicted octanol–water partition coefficient (Wildman–Crippen LogP) is 4.26. The number of piperidine rings is 1. The van der Waals surface area contributed by atoms with Gasteiger partial charge >= 0.3 is 12.1 Å². The Hall–Kier alpha value is -3.90. The highest BCUT2D eigenvalue weighted by Gasteiger charge is 2.38. The molecular formula is C26H31F3N6O4. The summed E-state index contributed by atoms with van der Waals surface area (Å²) in [5.41, 5.74) is 3.47. The van der Waals surface area contributed by atoms with Gasteiger partial charge in [-0.15, -0.1) is 5.10 Å². The Kier molecular flexibility index (Phi) is 8.56. The van der Waals surface area contributed by atoms with Gasteiger partial charge in [0.2, 0.25) is 5.91 Å². The summed E-state index contributed by atoms with van der Waals surface area (Å²) in [5.74, 6) is -1.20. The molecule has 2 fully saturated rings. The fourth-order valence-corrected chi connectivity index (χ4v) is 5.28. The summed E-state index contributed by atoms with van der Waals surface area (Å²) in [6.45, 7) is 3.06. The molecule has 0 spiro atoms. The number of rotatable bonds is 5. The molecule has 39 heavy (non-hydrogen) atoms. The third-order valence-corrected chi connectivity index (χ3v) is 7.11. The van der Waals surface area contributed by atoms with Crippen molar-refractivity contribution in [2.45, 2.75) is 64.2 Å². The Morgan fingerprint density at radius 2 is 1.85 bits per heavy atom. The number of carboxylic acid groups (broad SMARTS) is 1. The lowest BCUT2D eigenvalue weighted by atomic mass is 9.78. The molecule has 2 atom stereocenters. The summed E-state index contributed by atoms with van der Waals surface area (Å²) in [6.07, 6.45) is 7.79. The molecule has 2 aliphatic rings. The van der Waals surface area contributed by atoms with Crippen LogP contribution in [0.4, 0.5) is 13.2 Å². The molecule has 1 aromatic carbocycles. The van der Waals surface area contributed by atoms with Crippen LogP contribution < -0.4 is 4.74 Å². The topological polar surface area (TPSA) is 115 Å². The van der Waals surface area contributed by atoms with Crippen molar-refractivity contribution < 1.29 is 32.6 Å². The largest absolute Gasteiger partial charge is 0.495 e. The molecule has 1 aliphatic carbocycles. The summed E-state index contributed by atoms with van der Waals surface area (Å²) in [4.78, 5) is 28.4. The molecule has 1 saturated heterocycles. The monoisotopic (exact) mass is 548 g/mol. The number of fused-ring (bicyclic) bond motifs is 1. The molecule has 3 heterocycles. The molecule has 1 N–H and O–H groups in total. The molecule has 0 bridgehead atoms. The number of carbonyl (C=O) groups excluding carboxylic acids is 1. The van der Waals surface area contributed by atoms with Gasteiger partial charge in [0.25, 0.3) is 0 Å². The summed E-state index contributed by atoms with van der Waals surface area (Å²) >= 11 is 0. The maximum absolute atomic E-state index is 13.1. The number of aryl methyl sites for hydroxylation is 1. The highest BCUT2D eigenvalue weighted by molar-refractivity contribution is 5.76. The first-order valence-corrected chi connectivity index (χ1v) is 12.8. The van der Waals surface area contributed by atoms with Gasteiger partial charge in [0.1, 0.15) is 18.0 Å². The zero-order valence-electron chi connectivity index (χ0n) is 21.8. The third kappa shape index (κ3) is 6.76. The van der Waals surface area contributed by atoms with Gasteiger partial charge in [-0.1, -0.05) is 24.1 Å². The zero-order chi connectivity index (χ0) is 28.2. The number of hydrogen-bond acceptors (Lipinski definition) is 6. The molecule has 0 radical (unpaired) electrons. The van der Waals surface area contributed by atoms with Crippen molar-refractivity contribution in [2.24, 2.45) is 5.92 Å². The molecule has 1 saturated carbocycles. The third-order valence-electron chi connectivity index (χ3n) is 7.11. The molecule has 5 rings (SSSR count). The minimum Gasteiger partial charge on any atom is -0.495 e. The number of aromatic nitrogens is 5. The minimum atomic E-state index is -5.08. The first-order chi connectivity index (χ1) is 18.6. The quantitative estimate of drug-likeness (QED) is 0.507. The molecule has 2 aromatic heterocycles. The number of halogens is 3. The molecule has 1 amide bonds. The van der Waals surface area contributed by atoms with Crippen LogP contribution in [0.3, 0.4) is 0 Å². The number of benzene rings is 1. The molecule has 210 valence electrons. The van der Waals surface area contributed by atoms with Crippen molar-refractivity contribution in [3.63, 3.8) is 0 Å². The van der Waals surface area contributed by atoms with Gasteiger partial charge in [-0.05, 0) is 50.7 Å². The van der Waals surface area contributed by atoms with Gasteiger partial charge in [-0.25, -0.2) is 14.5 Å². The fraction of sp³-hybridized carbons (Fsp3) is 0.500. The van der Waals surface area contributed by atoms with E-state index in [9.17, 15) is 18.0 Å². The van der Waals surface area contributed by atoms with E-state index >= 15 is 0 Å². The summed E-state index contributed by atoms with van der Waals surface area (Å²) in [7, 11) is 1.65. The van der Waals surface area contributed by atoms with Crippen molar-refractivity contribution in [1.82, 2.24) is 29.4 Å². The number of amides is 1. The SMILES string of the molecule is COc1cc(-c2cn(CC(=O)N3CCCC4CCCCC43)nn2)ccc1-n1cnc(C)c1.O=C(O)C(F)(F)F. The number of hydrogen-bond donors (Lipinski definition) is 1. The van der Waals surface area contributed by atoms with Crippen LogP contribution >= 0.6 is 0 Å². The molecule has 13 heteroatoms. The van der Waals surface area contributed by atoms with Crippen molar-refractivity contribution in [2.75, 3.05) is 13.7 Å². The lowest BCUT2D eigenvalue weighted by molar-refractivity contribution is -0.192. The first-order valence-electron chi connectivity index (χ1n) is 12.8. The highest BCUT2D eigenvalue weighted by Crippen LogP contribution is 2.35. The van der Waals surface area contributed by atoms with Crippen molar-refractivity contribution in [1.29, 1.82) is 0 Å². The molecule has 1 aliphatic heterocycles. The Morgan fingerprint density at radius 1 is 1.13 bits per heavy atom. The van der Waals surface area contributed by atoms with E-state index in [0.29, 0.717) is 12.0 Å². The highest BCUT2D eigenvalue weighted by atomic mass is 19.4. The second-order valence-corrected chi connectivity index (χ2v) is 9.75. The van der Waals surface area contributed by atoms with Gasteiger partial charge in [-0.2, -0.15) is 13.2 Å². The number of alkyl halides is 3. The van der Waals surface area contributed by atoms with Gasteiger partial charge in [0, 0.05) is 24.3 Å². The Labute approximate surface area is 223 Å². The second kappa shape index (κ2) is 11.9. The lowest BCUT2D eigenvalue weighted by Gasteiger charge is -2.44. The number of nitrogens with zero attached hydrogens (tertiary/aromatic N) is 6. The van der Waals surface area contributed by atoms with E-state index in [2.05, 4.69) is 20.2 Å². The normalized spacial score (nSPS) is 19.1. The van der Waals surface area contributed by atoms with Crippen LogP contribution in [0.15, 0.2) is 36.9 Å². The Bertz CT molecular complexity index is 1300. The maximum atomic E-state index is 13.1. The number of methoxy groups -OCH3 is 1. The number of carboxylic acids is 1. The van der Waals surface area contributed by atoms with Gasteiger partial charge < -0.3 is 19.3 Å². The van der Waals surface area contributed by atoms with Crippen molar-refractivity contribution in [3.8, 4) is 22.7 Å². The predicted molar refractivity (Wildman–Crippen MR) is 134 cm³/mol. The number of aliphatic carboxylic acids is 1. The number of ether oxygens (including phenoxy) is 1. The summed E-state index contributed by atoms with van der Waals surface area (Å²) < 4.78 is 40.9. The van der Waals surface area contributed by atoms with E-state index < -0.39 is 12.1 Å². The maximum Gasteiger partial charge on any atom is 0.490 e. The number of imidazole rings is 1. The fourth-order valence-electron chi connectivity index (χ4n) is 5.28. The van der Waals surface area contributed by atoms with Crippen molar-refractivity contribution >= 4 is 11.9 Å². The molecule has 2 unspecified atom stereocenters. The van der Waals surface area contributed by atoms with Crippen LogP contribution in [0.1, 0.15) is 44.2 Å². The average Bonchev–Trinajstić information content (AvgIpc) is 3.56. The average molecular weight is 549 g/mol. The van der Waals surface area contributed by atoms with Crippen LogP contribution in [0.2, 0.25) is 0 Å². The molecule has 10 nitrogen and oxygen atoms in total. The van der Waals surface area contributed by atoms with E-state index in [1.165, 1.54) is 25.7 Å². The Morgan fingerprint density at radius 3 is 2.51 bits per heavy atom. The van der Waals surface area contributed by atoms with Crippen LogP contribution in [0.25, 0.3) is 16.9 Å². The standard InChI is InChI=1S/C24H30N6O2.C2HF3O2/c1-17-13-28(16-25-17)22-10-9-19(12-23(22)32-2)20-14-29(27-26-20)15-24(31)30-11-5-7-18-6-3-4-8-21(18)30;3-2(4,5)1(6)7/h9-10,12-14,16,18,21H,3-8,11,15H2,1-2H3;(H,6,7). The summed E-state index contributed by atoms with van der Waals surface area (Å²) in [6, 6.07) is 6.33. The second-order valence-electron chi connectivity index (χ2n) is 9.75. The first kappa shape index (κ1) is 28.1. The lowest BCUT2D eigenvalue weighted by Crippen LogP contribution is -2.50. The van der Waals surface area contributed by atoms with Gasteiger partial charge in [0.15, 0.2) is 0 Å². The van der Waals surface area contributed by atoms with Gasteiger partial charge in [0.05, 0.1) is 31.0 Å². The van der Waals surface area contributed by atoms with Crippen LogP contribution in [0.5, 0.6) is 5.75 Å². The molecular weight excluding hydrogens is 517 g/mol. The smallest absolute Gasteiger partial charge is 0.490 e. The van der Waals surface area contributed by atoms with E-state index in [4.69, 9.17) is 14.6 Å². The van der Waals surface area contributed by atoms with E-state index in [0.717, 1.165) is 47.8 Å². The minimum absolute atomic E-state index is 0.154. The van der Waals surface area contributed by atoms with E-state index in [1.807, 2.05) is 42.1 Å². The Balaban J connectivity index is 0.000000448. The van der Waals surface area contributed by atoms with Crippen LogP contribution in [-0.4, -0.2) is 72.3 Å². The molecule has 3 aromatic rings. The van der Waals surface area contributed by atoms with E-state index in [1.54, 1.807) is 18.1 Å². The van der Waals surface area contributed by atoms with Crippen LogP contribution in [0, 0.1) is 12.8 Å². The van der Waals surface area contributed by atoms with Gasteiger partial charge in [-0.3, -0.25) is 4.79 Å². The summed E-state index contributed by atoms with van der Waals surface area (Å²) in [5, 5.41) is 15.7.